The molecule has 18 nitrogen and oxygen atoms in total. The molecule has 6 rings (SSSR count). The summed E-state index contributed by atoms with van der Waals surface area (Å²) in [6.45, 7) is 14.7. The van der Waals surface area contributed by atoms with E-state index in [-0.39, 0.29) is 77.4 Å². The van der Waals surface area contributed by atoms with Gasteiger partial charge in [-0.05, 0) is 67.5 Å². The summed E-state index contributed by atoms with van der Waals surface area (Å²) in [6, 6.07) is 13.3. The number of aromatic nitrogens is 8. The van der Waals surface area contributed by atoms with Gasteiger partial charge >= 0.3 is 23.8 Å². The van der Waals surface area contributed by atoms with Crippen molar-refractivity contribution in [3.05, 3.63) is 96.6 Å². The zero-order chi connectivity index (χ0) is 56.1. The maximum atomic E-state index is 13.4. The molecule has 4 aromatic heterocycles. The number of alkyl halides is 9. The topological polar surface area (TPSA) is 268 Å². The molecule has 32 heteroatoms. The zero-order valence-electron chi connectivity index (χ0n) is 43.6. The Bertz CT molecular complexity index is 2830. The summed E-state index contributed by atoms with van der Waals surface area (Å²) in [5, 5.41) is 0. The van der Waals surface area contributed by atoms with E-state index in [1.165, 1.54) is 54.1 Å². The van der Waals surface area contributed by atoms with Crippen LogP contribution in [-0.4, -0.2) is 126 Å². The molecule has 0 radical (unpaired) electrons. The Balaban J connectivity index is 0.000000628. The number of nitrogens with zero attached hydrogens (tertiary/aromatic N) is 7. The average molecular weight is 1180 g/mol. The number of ether oxygens (including phenoxy) is 3. The van der Waals surface area contributed by atoms with Gasteiger partial charge in [0.25, 0.3) is 11.1 Å². The number of H-pyrrole nitrogens is 1. The Labute approximate surface area is 445 Å². The molecule has 1 unspecified atom stereocenters. The molecular formula is C46H62F11N9O9SSi2. The van der Waals surface area contributed by atoms with Crippen LogP contribution in [0.4, 0.5) is 48.3 Å². The summed E-state index contributed by atoms with van der Waals surface area (Å²) >= 11 is -3.90. The maximum Gasteiger partial charge on any atom is 0.497 e. The van der Waals surface area contributed by atoms with Crippen LogP contribution in [0.2, 0.25) is 51.4 Å². The number of hydrogen-bond donors (Lipinski definition) is 2. The van der Waals surface area contributed by atoms with Gasteiger partial charge in [-0.1, -0.05) is 39.3 Å². The van der Waals surface area contributed by atoms with Crippen LogP contribution in [0, 0.1) is 11.6 Å². The number of carbonyl (C=O) groups is 2. The number of aromatic amines is 1. The van der Waals surface area contributed by atoms with Crippen LogP contribution in [-0.2, 0) is 49.5 Å². The van der Waals surface area contributed by atoms with Gasteiger partial charge in [0.1, 0.15) is 48.7 Å². The minimum atomic E-state index is -5.27. The SMILES string of the molecule is CC(=O)c1cn(COCC[Si](C)(C)C)c(-c2c(-c3ccc(F)cc3)ncn2CC(F)(F)F)n1.CCOC(=O)c1cn(COCC[Si](C)(C)C)c(-c2[nH]cnc2-c2ccc(F)cc2)n1.N.O.O.O=S(OCC(F)(F)F)C(F)(F)F. The summed E-state index contributed by atoms with van der Waals surface area (Å²) in [5.74, 6) is -1.01. The Morgan fingerprint density at radius 1 is 0.679 bits per heavy atom. The van der Waals surface area contributed by atoms with Crippen molar-refractivity contribution in [3.8, 4) is 45.6 Å². The Morgan fingerprint density at radius 2 is 1.15 bits per heavy atom. The number of carbonyl (C=O) groups excluding carboxylic acids is 2. The standard InChI is InChI=1S/C22H26F4N4O2Si.C21H27FN4O3Si.C3H2F6O2S.H3N.2H2O/c1-15(31)18-11-29(14-32-9-10-33(2,3)4)21(28-18)20-19(16-5-7-17(23)8-6-16)27-13-30(20)12-22(24,25)26;1-5-29-21(27)17-12-26(14-28-10-11-30(2,3)4)20(25-17)19-18(23-13-24-19)15-6-8-16(22)9-7-15;4-2(5,6)1-11-12(10)3(7,8)9;;;/h5-8,11,13H,9-10,12,14H2,1-4H3;6-9,12-13H,5,10-11,14H2,1-4H3,(H,23,24);1H2;1H3;2*1H2. The first-order chi connectivity index (χ1) is 34.7. The van der Waals surface area contributed by atoms with Crippen LogP contribution in [0.1, 0.15) is 34.8 Å². The highest BCUT2D eigenvalue weighted by Gasteiger charge is 2.41. The fraction of sp³-hybridized carbons (Fsp3) is 0.435. The fourth-order valence-corrected chi connectivity index (χ4v) is 8.09. The predicted molar refractivity (Wildman–Crippen MR) is 273 cm³/mol. The molecule has 0 bridgehead atoms. The largest absolute Gasteiger partial charge is 0.497 e. The minimum absolute atomic E-state index is 0. The van der Waals surface area contributed by atoms with Crippen LogP contribution >= 0.6 is 0 Å². The van der Waals surface area contributed by atoms with E-state index in [9.17, 15) is 62.1 Å². The third-order valence-corrected chi connectivity index (χ3v) is 14.0. The van der Waals surface area contributed by atoms with Gasteiger partial charge in [-0.25, -0.2) is 37.7 Å². The lowest BCUT2D eigenvalue weighted by molar-refractivity contribution is -0.154. The lowest BCUT2D eigenvalue weighted by atomic mass is 10.1. The van der Waals surface area contributed by atoms with Gasteiger partial charge in [-0.3, -0.25) is 8.98 Å². The molecule has 0 amide bonds. The smallest absolute Gasteiger partial charge is 0.461 e. The van der Waals surface area contributed by atoms with Crippen LogP contribution in [0.25, 0.3) is 45.6 Å². The minimum Gasteiger partial charge on any atom is -0.461 e. The number of rotatable bonds is 20. The van der Waals surface area contributed by atoms with Gasteiger partial charge in [0.15, 0.2) is 29.7 Å². The van der Waals surface area contributed by atoms with Crippen LogP contribution in [0.5, 0.6) is 0 Å². The van der Waals surface area contributed by atoms with Crippen molar-refractivity contribution < 1.29 is 91.4 Å². The van der Waals surface area contributed by atoms with Gasteiger partial charge in [0.05, 0.1) is 30.6 Å². The highest BCUT2D eigenvalue weighted by molar-refractivity contribution is 7.81. The number of imidazole rings is 4. The first-order valence-electron chi connectivity index (χ1n) is 22.6. The fourth-order valence-electron chi connectivity index (χ4n) is 6.20. The van der Waals surface area contributed by atoms with Crippen molar-refractivity contribution in [2.75, 3.05) is 26.4 Å². The van der Waals surface area contributed by atoms with E-state index in [0.717, 1.165) is 28.5 Å². The van der Waals surface area contributed by atoms with Gasteiger partial charge in [-0.2, -0.15) is 39.5 Å². The Kier molecular flexibility index (Phi) is 26.8. The average Bonchev–Trinajstić information content (AvgIpc) is 4.11. The third-order valence-electron chi connectivity index (χ3n) is 9.87. The van der Waals surface area contributed by atoms with E-state index < -0.39 is 70.0 Å². The van der Waals surface area contributed by atoms with Gasteiger partial charge < -0.3 is 50.0 Å². The van der Waals surface area contributed by atoms with E-state index in [0.29, 0.717) is 36.0 Å². The highest BCUT2D eigenvalue weighted by atomic mass is 32.2. The molecule has 1 atom stereocenters. The summed E-state index contributed by atoms with van der Waals surface area (Å²) in [4.78, 5) is 44.6. The van der Waals surface area contributed by atoms with E-state index >= 15 is 0 Å². The molecule has 0 aliphatic rings. The number of halogens is 11. The molecule has 2 aromatic carbocycles. The maximum absolute atomic E-state index is 13.4. The first-order valence-corrected chi connectivity index (χ1v) is 31.1. The van der Waals surface area contributed by atoms with Crippen LogP contribution < -0.4 is 6.15 Å². The van der Waals surface area contributed by atoms with Crippen LogP contribution in [0.3, 0.4) is 0 Å². The molecule has 0 saturated carbocycles. The van der Waals surface area contributed by atoms with Crippen molar-refractivity contribution in [1.29, 1.82) is 0 Å². The summed E-state index contributed by atoms with van der Waals surface area (Å²) < 4.78 is 168. The molecular weight excluding hydrogens is 1120 g/mol. The molecule has 0 saturated heterocycles. The van der Waals surface area contributed by atoms with E-state index in [1.807, 2.05) is 0 Å². The molecule has 0 aliphatic carbocycles. The zero-order valence-corrected chi connectivity index (χ0v) is 46.4. The van der Waals surface area contributed by atoms with E-state index in [1.54, 1.807) is 36.1 Å². The second kappa shape index (κ2) is 29.8. The first kappa shape index (κ1) is 70.0. The van der Waals surface area contributed by atoms with Crippen molar-refractivity contribution in [2.24, 2.45) is 0 Å². The van der Waals surface area contributed by atoms with Gasteiger partial charge in [0, 0.05) is 59.8 Å². The van der Waals surface area contributed by atoms with Gasteiger partial charge in [0.2, 0.25) is 0 Å². The Hall–Kier alpha value is -6.01. The van der Waals surface area contributed by atoms with Crippen molar-refractivity contribution in [3.63, 3.8) is 0 Å². The summed E-state index contributed by atoms with van der Waals surface area (Å²) in [6.07, 6.45) is -3.73. The second-order valence-electron chi connectivity index (χ2n) is 18.7. The Morgan fingerprint density at radius 3 is 1.60 bits per heavy atom. The van der Waals surface area contributed by atoms with Crippen LogP contribution in [0.15, 0.2) is 73.6 Å². The summed E-state index contributed by atoms with van der Waals surface area (Å²) in [5.41, 5.74) is -2.33. The monoisotopic (exact) mass is 1180 g/mol. The molecule has 0 fully saturated rings. The van der Waals surface area contributed by atoms with E-state index in [2.05, 4.69) is 68.4 Å². The number of hydrogen-bond acceptors (Lipinski definition) is 12. The molecule has 6 aromatic rings. The molecule has 0 aliphatic heterocycles. The number of ketones is 1. The number of esters is 1. The number of benzene rings is 2. The quantitative estimate of drug-likeness (QED) is 0.0238. The summed E-state index contributed by atoms with van der Waals surface area (Å²) in [7, 11) is -2.56. The normalized spacial score (nSPS) is 12.2. The molecule has 8 N–H and O–H groups in total. The second-order valence-corrected chi connectivity index (χ2v) is 31.1. The highest BCUT2D eigenvalue weighted by Crippen LogP contribution is 2.34. The molecule has 4 heterocycles. The predicted octanol–water partition coefficient (Wildman–Crippen LogP) is 10.5. The van der Waals surface area contributed by atoms with E-state index in [4.69, 9.17) is 14.2 Å². The number of nitrogens with one attached hydrogen (secondary N) is 1. The van der Waals surface area contributed by atoms with Crippen molar-refractivity contribution in [2.45, 2.75) is 103 Å². The van der Waals surface area contributed by atoms with Gasteiger partial charge in [-0.15, -0.1) is 0 Å². The lowest BCUT2D eigenvalue weighted by Gasteiger charge is -2.17. The molecule has 78 heavy (non-hydrogen) atoms. The molecule has 0 spiro atoms. The van der Waals surface area contributed by atoms with Crippen molar-refractivity contribution in [1.82, 2.24) is 44.8 Å². The number of Topliss-reactive ketones (excluding diaryl/α,β-unsaturated/α-hetero) is 1. The van der Waals surface area contributed by atoms with Crippen molar-refractivity contribution >= 4 is 39.0 Å². The molecule has 436 valence electrons. The third kappa shape index (κ3) is 22.8. The lowest BCUT2D eigenvalue weighted by Crippen LogP contribution is -2.24.